The highest BCUT2D eigenvalue weighted by molar-refractivity contribution is 5.32. The molecule has 0 spiro atoms. The number of alkyl halides is 2. The molecule has 0 atom stereocenters. The molecule has 2 aromatic carbocycles. The fourth-order valence-electron chi connectivity index (χ4n) is 5.08. The number of benzene rings is 2. The van der Waals surface area contributed by atoms with Crippen LogP contribution in [-0.2, 0) is 6.11 Å². The van der Waals surface area contributed by atoms with Crippen LogP contribution in [0.4, 0.5) is 13.2 Å². The molecule has 2 aliphatic rings. The van der Waals surface area contributed by atoms with Gasteiger partial charge in [0.15, 0.2) is 0 Å². The van der Waals surface area contributed by atoms with Crippen LogP contribution in [0.1, 0.15) is 80.9 Å². The van der Waals surface area contributed by atoms with Gasteiger partial charge in [0.05, 0.1) is 5.56 Å². The van der Waals surface area contributed by atoms with Crippen molar-refractivity contribution in [1.29, 1.82) is 0 Å². The molecule has 4 rings (SSSR count). The minimum Gasteiger partial charge on any atom is -0.429 e. The Bertz CT molecular complexity index is 861. The summed E-state index contributed by atoms with van der Waals surface area (Å²) in [6.07, 6.45) is 5.40. The fraction of sp³-hybridized carbons (Fsp3) is 0.481. The number of hydrogen-bond acceptors (Lipinski definition) is 1. The molecule has 0 heterocycles. The van der Waals surface area contributed by atoms with Crippen LogP contribution in [0.15, 0.2) is 42.5 Å². The van der Waals surface area contributed by atoms with Crippen LogP contribution < -0.4 is 4.74 Å². The zero-order chi connectivity index (χ0) is 22.0. The van der Waals surface area contributed by atoms with E-state index in [1.54, 1.807) is 30.0 Å². The van der Waals surface area contributed by atoms with Crippen molar-refractivity contribution in [3.63, 3.8) is 0 Å². The SMILES string of the molecule is C[C]1CCC([C]2CCC(c3ccc(C(F)(F)Oc4ccc(C)cc4)c(F)c3)CC2)CC1. The van der Waals surface area contributed by atoms with Gasteiger partial charge in [-0.05, 0) is 112 Å². The molecular formula is C27H31F3O. The first-order valence-electron chi connectivity index (χ1n) is 11.4. The lowest BCUT2D eigenvalue weighted by atomic mass is 9.68. The van der Waals surface area contributed by atoms with Crippen molar-refractivity contribution in [2.45, 2.75) is 77.2 Å². The summed E-state index contributed by atoms with van der Waals surface area (Å²) in [4.78, 5) is 0. The average Bonchev–Trinajstić information content (AvgIpc) is 2.76. The first kappa shape index (κ1) is 22.2. The van der Waals surface area contributed by atoms with Crippen molar-refractivity contribution < 1.29 is 17.9 Å². The summed E-state index contributed by atoms with van der Waals surface area (Å²) in [5.74, 6) is 3.37. The second-order valence-electron chi connectivity index (χ2n) is 9.34. The summed E-state index contributed by atoms with van der Waals surface area (Å²) in [5, 5.41) is 0. The maximum absolute atomic E-state index is 14.7. The molecular weight excluding hydrogens is 397 g/mol. The summed E-state index contributed by atoms with van der Waals surface area (Å²) < 4.78 is 48.7. The van der Waals surface area contributed by atoms with Gasteiger partial charge in [-0.2, -0.15) is 8.78 Å². The van der Waals surface area contributed by atoms with Gasteiger partial charge in [-0.1, -0.05) is 30.7 Å². The van der Waals surface area contributed by atoms with Crippen molar-refractivity contribution in [2.75, 3.05) is 0 Å². The number of halogens is 3. The first-order chi connectivity index (χ1) is 14.8. The summed E-state index contributed by atoms with van der Waals surface area (Å²) >= 11 is 0. The molecule has 4 heteroatoms. The van der Waals surface area contributed by atoms with Crippen LogP contribution in [0.3, 0.4) is 0 Å². The van der Waals surface area contributed by atoms with E-state index >= 15 is 0 Å². The van der Waals surface area contributed by atoms with E-state index in [0.29, 0.717) is 0 Å². The first-order valence-corrected chi connectivity index (χ1v) is 11.4. The number of rotatable bonds is 5. The lowest BCUT2D eigenvalue weighted by Crippen LogP contribution is -2.24. The monoisotopic (exact) mass is 428 g/mol. The fourth-order valence-corrected chi connectivity index (χ4v) is 5.08. The highest BCUT2D eigenvalue weighted by Gasteiger charge is 2.38. The van der Waals surface area contributed by atoms with Gasteiger partial charge in [-0.15, -0.1) is 0 Å². The van der Waals surface area contributed by atoms with Crippen molar-refractivity contribution in [1.82, 2.24) is 0 Å². The van der Waals surface area contributed by atoms with E-state index in [4.69, 9.17) is 4.74 Å². The topological polar surface area (TPSA) is 9.23 Å². The van der Waals surface area contributed by atoms with Gasteiger partial charge in [0.2, 0.25) is 0 Å². The molecule has 0 aliphatic heterocycles. The predicted molar refractivity (Wildman–Crippen MR) is 117 cm³/mol. The predicted octanol–water partition coefficient (Wildman–Crippen LogP) is 8.28. The molecule has 0 amide bonds. The Labute approximate surface area is 184 Å². The van der Waals surface area contributed by atoms with Crippen LogP contribution >= 0.6 is 0 Å². The smallest absolute Gasteiger partial charge is 0.429 e. The van der Waals surface area contributed by atoms with Crippen molar-refractivity contribution in [2.24, 2.45) is 5.92 Å². The van der Waals surface area contributed by atoms with Gasteiger partial charge in [0.25, 0.3) is 0 Å². The third-order valence-corrected chi connectivity index (χ3v) is 7.09. The van der Waals surface area contributed by atoms with E-state index in [-0.39, 0.29) is 11.7 Å². The molecule has 0 saturated heterocycles. The maximum Gasteiger partial charge on any atom is 0.429 e. The third-order valence-electron chi connectivity index (χ3n) is 7.09. The highest BCUT2D eigenvalue weighted by Crippen LogP contribution is 2.46. The standard InChI is InChI=1S/C27H31F3O/c1-18-3-7-20(8-4-18)21-9-11-22(12-10-21)23-13-16-25(26(28)17-23)27(29,30)31-24-14-5-19(2)6-15-24/h5-6,13-17,20,22H,3-4,7-12H2,1-2H3. The zero-order valence-electron chi connectivity index (χ0n) is 18.4. The Morgan fingerprint density at radius 1 is 0.806 bits per heavy atom. The van der Waals surface area contributed by atoms with Gasteiger partial charge in [0, 0.05) is 0 Å². The van der Waals surface area contributed by atoms with Crippen molar-refractivity contribution in [3.8, 4) is 5.75 Å². The van der Waals surface area contributed by atoms with Gasteiger partial charge in [-0.25, -0.2) is 4.39 Å². The maximum atomic E-state index is 14.7. The molecule has 0 bridgehead atoms. The Morgan fingerprint density at radius 2 is 1.42 bits per heavy atom. The average molecular weight is 429 g/mol. The molecule has 166 valence electrons. The lowest BCUT2D eigenvalue weighted by molar-refractivity contribution is -0.187. The zero-order valence-corrected chi connectivity index (χ0v) is 18.4. The van der Waals surface area contributed by atoms with Crippen molar-refractivity contribution >= 4 is 0 Å². The van der Waals surface area contributed by atoms with Crippen molar-refractivity contribution in [3.05, 3.63) is 76.8 Å². The van der Waals surface area contributed by atoms with Crippen LogP contribution in [0.5, 0.6) is 5.75 Å². The molecule has 2 aliphatic carbocycles. The summed E-state index contributed by atoms with van der Waals surface area (Å²) in [6, 6.07) is 10.4. The van der Waals surface area contributed by atoms with Gasteiger partial charge in [0.1, 0.15) is 11.6 Å². The molecule has 2 aromatic rings. The number of hydrogen-bond donors (Lipinski definition) is 0. The molecule has 0 N–H and O–H groups in total. The van der Waals surface area contributed by atoms with E-state index in [0.717, 1.165) is 42.7 Å². The lowest BCUT2D eigenvalue weighted by Gasteiger charge is -2.37. The molecule has 2 fully saturated rings. The van der Waals surface area contributed by atoms with Gasteiger partial charge in [-0.3, -0.25) is 0 Å². The Balaban J connectivity index is 1.39. The Kier molecular flexibility index (Phi) is 6.64. The van der Waals surface area contributed by atoms with Gasteiger partial charge >= 0.3 is 6.11 Å². The summed E-state index contributed by atoms with van der Waals surface area (Å²) in [6.45, 7) is 4.12. The molecule has 0 aromatic heterocycles. The second kappa shape index (κ2) is 9.26. The van der Waals surface area contributed by atoms with Crippen LogP contribution in [0, 0.1) is 30.5 Å². The highest BCUT2D eigenvalue weighted by atomic mass is 19.3. The van der Waals surface area contributed by atoms with E-state index in [9.17, 15) is 13.2 Å². The van der Waals surface area contributed by atoms with E-state index in [1.165, 1.54) is 49.9 Å². The van der Waals surface area contributed by atoms with Gasteiger partial charge < -0.3 is 4.74 Å². The second-order valence-corrected chi connectivity index (χ2v) is 9.34. The third kappa shape index (κ3) is 5.27. The Morgan fingerprint density at radius 3 is 2.03 bits per heavy atom. The molecule has 1 nitrogen and oxygen atoms in total. The van der Waals surface area contributed by atoms with E-state index < -0.39 is 17.5 Å². The van der Waals surface area contributed by atoms with E-state index in [2.05, 4.69) is 6.92 Å². The quantitative estimate of drug-likeness (QED) is 0.465. The summed E-state index contributed by atoms with van der Waals surface area (Å²) in [7, 11) is 0. The number of ether oxygens (including phenoxy) is 1. The van der Waals surface area contributed by atoms with Crippen LogP contribution in [0.2, 0.25) is 0 Å². The number of aryl methyl sites for hydroxylation is 1. The largest absolute Gasteiger partial charge is 0.429 e. The van der Waals surface area contributed by atoms with E-state index in [1.807, 2.05) is 6.92 Å². The molecule has 2 radical (unpaired) electrons. The molecule has 0 unspecified atom stereocenters. The molecule has 31 heavy (non-hydrogen) atoms. The molecule has 2 saturated carbocycles. The summed E-state index contributed by atoms with van der Waals surface area (Å²) in [5.41, 5.74) is 1.05. The Hall–Kier alpha value is -1.97. The minimum absolute atomic E-state index is 0.0185. The van der Waals surface area contributed by atoms with Crippen LogP contribution in [-0.4, -0.2) is 0 Å². The minimum atomic E-state index is -3.72. The van der Waals surface area contributed by atoms with Crippen LogP contribution in [0.25, 0.3) is 0 Å². The normalized spacial score (nSPS) is 20.2.